The second-order valence-electron chi connectivity index (χ2n) is 6.71. The van der Waals surface area contributed by atoms with E-state index in [1.807, 2.05) is 37.3 Å². The Hall–Kier alpha value is -3.45. The molecule has 0 radical (unpaired) electrons. The van der Waals surface area contributed by atoms with Crippen molar-refractivity contribution in [3.8, 4) is 5.75 Å². The van der Waals surface area contributed by atoms with E-state index >= 15 is 0 Å². The Kier molecular flexibility index (Phi) is 5.14. The normalized spacial score (nSPS) is 12.0. The summed E-state index contributed by atoms with van der Waals surface area (Å²) >= 11 is 1.30. The topological polar surface area (TPSA) is 84.2 Å². The highest BCUT2D eigenvalue weighted by Gasteiger charge is 2.24. The molecular formula is C22H19N3O3S. The van der Waals surface area contributed by atoms with Crippen LogP contribution >= 0.6 is 11.3 Å². The molecule has 0 aliphatic carbocycles. The SMILES string of the molecule is C[C@H](NC(=O)c1c(O)c2sccc2n(Cc2ccccc2)c1=O)c1ccncc1. The number of nitrogens with one attached hydrogen (secondary N) is 1. The Morgan fingerprint density at radius 2 is 1.90 bits per heavy atom. The molecule has 1 aromatic carbocycles. The van der Waals surface area contributed by atoms with Crippen LogP contribution in [-0.2, 0) is 6.54 Å². The molecule has 3 heterocycles. The predicted octanol–water partition coefficient (Wildman–Crippen LogP) is 3.70. The van der Waals surface area contributed by atoms with Gasteiger partial charge in [0.2, 0.25) is 0 Å². The first-order valence-electron chi connectivity index (χ1n) is 9.14. The Bertz CT molecular complexity index is 1220. The summed E-state index contributed by atoms with van der Waals surface area (Å²) in [4.78, 5) is 30.1. The Labute approximate surface area is 171 Å². The van der Waals surface area contributed by atoms with Crippen LogP contribution in [0.4, 0.5) is 0 Å². The first kappa shape index (κ1) is 18.9. The summed E-state index contributed by atoms with van der Waals surface area (Å²) in [5.74, 6) is -0.877. The molecule has 0 saturated heterocycles. The van der Waals surface area contributed by atoms with Crippen LogP contribution in [0.3, 0.4) is 0 Å². The maximum Gasteiger partial charge on any atom is 0.268 e. The van der Waals surface area contributed by atoms with Crippen molar-refractivity contribution in [1.29, 1.82) is 0 Å². The molecule has 0 aliphatic heterocycles. The lowest BCUT2D eigenvalue weighted by molar-refractivity contribution is 0.0935. The smallest absolute Gasteiger partial charge is 0.268 e. The lowest BCUT2D eigenvalue weighted by atomic mass is 10.1. The second-order valence-corrected chi connectivity index (χ2v) is 7.63. The fraction of sp³-hybridized carbons (Fsp3) is 0.136. The summed E-state index contributed by atoms with van der Waals surface area (Å²) in [5.41, 5.74) is 1.65. The summed E-state index contributed by atoms with van der Waals surface area (Å²) in [6, 6.07) is 14.6. The molecule has 1 amide bonds. The molecule has 7 heteroatoms. The zero-order valence-electron chi connectivity index (χ0n) is 15.7. The van der Waals surface area contributed by atoms with Gasteiger partial charge in [0.1, 0.15) is 5.56 Å². The quantitative estimate of drug-likeness (QED) is 0.530. The summed E-state index contributed by atoms with van der Waals surface area (Å²) in [6.45, 7) is 2.13. The van der Waals surface area contributed by atoms with Crippen LogP contribution in [0.25, 0.3) is 10.2 Å². The van der Waals surface area contributed by atoms with E-state index in [9.17, 15) is 14.7 Å². The van der Waals surface area contributed by atoms with Crippen LogP contribution in [0.1, 0.15) is 34.5 Å². The molecular weight excluding hydrogens is 386 g/mol. The zero-order chi connectivity index (χ0) is 20.4. The van der Waals surface area contributed by atoms with Crippen molar-refractivity contribution in [2.24, 2.45) is 0 Å². The van der Waals surface area contributed by atoms with Crippen LogP contribution in [0.2, 0.25) is 0 Å². The second kappa shape index (κ2) is 7.89. The third-order valence-corrected chi connectivity index (χ3v) is 5.72. The van der Waals surface area contributed by atoms with Crippen LogP contribution in [0, 0.1) is 0 Å². The average molecular weight is 405 g/mol. The van der Waals surface area contributed by atoms with E-state index in [0.717, 1.165) is 11.1 Å². The Morgan fingerprint density at radius 1 is 1.17 bits per heavy atom. The standard InChI is InChI=1S/C22H19N3O3S/c1-14(16-7-10-23-11-8-16)24-21(27)18-19(26)20-17(9-12-29-20)25(22(18)28)13-15-5-3-2-4-6-15/h2-12,14,26H,13H2,1H3,(H,24,27)/t14-/m0/s1. The number of hydrogen-bond acceptors (Lipinski definition) is 5. The summed E-state index contributed by atoms with van der Waals surface area (Å²) in [5, 5.41) is 15.3. The number of amides is 1. The molecule has 0 spiro atoms. The molecule has 0 saturated carbocycles. The number of fused-ring (bicyclic) bond motifs is 1. The van der Waals surface area contributed by atoms with Gasteiger partial charge >= 0.3 is 0 Å². The average Bonchev–Trinajstić information content (AvgIpc) is 3.23. The van der Waals surface area contributed by atoms with Crippen LogP contribution in [0.5, 0.6) is 5.75 Å². The van der Waals surface area contributed by atoms with Crippen molar-refractivity contribution in [1.82, 2.24) is 14.9 Å². The van der Waals surface area contributed by atoms with Gasteiger partial charge in [-0.3, -0.25) is 14.6 Å². The van der Waals surface area contributed by atoms with Gasteiger partial charge in [-0.25, -0.2) is 0 Å². The van der Waals surface area contributed by atoms with Crippen LogP contribution in [0.15, 0.2) is 71.1 Å². The number of carbonyl (C=O) groups is 1. The zero-order valence-corrected chi connectivity index (χ0v) is 16.5. The van der Waals surface area contributed by atoms with Gasteiger partial charge in [0.05, 0.1) is 22.8 Å². The van der Waals surface area contributed by atoms with Gasteiger partial charge in [-0.05, 0) is 41.6 Å². The number of pyridine rings is 2. The minimum atomic E-state index is -0.603. The Morgan fingerprint density at radius 3 is 2.62 bits per heavy atom. The van der Waals surface area contributed by atoms with Crippen LogP contribution in [-0.4, -0.2) is 20.6 Å². The predicted molar refractivity (Wildman–Crippen MR) is 113 cm³/mol. The van der Waals surface area contributed by atoms with E-state index in [-0.39, 0.29) is 17.4 Å². The molecule has 2 N–H and O–H groups in total. The van der Waals surface area contributed by atoms with Gasteiger partial charge in [-0.1, -0.05) is 30.3 Å². The van der Waals surface area contributed by atoms with E-state index in [0.29, 0.717) is 16.8 Å². The number of rotatable bonds is 5. The number of hydrogen-bond donors (Lipinski definition) is 2. The first-order valence-corrected chi connectivity index (χ1v) is 10.0. The van der Waals surface area contributed by atoms with Gasteiger partial charge in [0, 0.05) is 12.4 Å². The van der Waals surface area contributed by atoms with Gasteiger partial charge in [0.25, 0.3) is 11.5 Å². The van der Waals surface area contributed by atoms with Crippen molar-refractivity contribution in [3.63, 3.8) is 0 Å². The van der Waals surface area contributed by atoms with Gasteiger partial charge < -0.3 is 15.0 Å². The van der Waals surface area contributed by atoms with Gasteiger partial charge in [0.15, 0.2) is 5.75 Å². The van der Waals surface area contributed by atoms with Gasteiger partial charge in [-0.2, -0.15) is 0 Å². The molecule has 6 nitrogen and oxygen atoms in total. The van der Waals surface area contributed by atoms with Crippen molar-refractivity contribution in [2.45, 2.75) is 19.5 Å². The van der Waals surface area contributed by atoms with E-state index in [2.05, 4.69) is 10.3 Å². The number of nitrogens with zero attached hydrogens (tertiary/aromatic N) is 2. The molecule has 146 valence electrons. The third-order valence-electron chi connectivity index (χ3n) is 4.81. The lowest BCUT2D eigenvalue weighted by Crippen LogP contribution is -2.34. The molecule has 4 aromatic rings. The summed E-state index contributed by atoms with van der Waals surface area (Å²) < 4.78 is 2.05. The third kappa shape index (κ3) is 3.64. The van der Waals surface area contributed by atoms with E-state index in [1.165, 1.54) is 15.9 Å². The highest BCUT2D eigenvalue weighted by atomic mass is 32.1. The molecule has 0 unspecified atom stereocenters. The molecule has 3 aromatic heterocycles. The molecule has 0 bridgehead atoms. The van der Waals surface area contributed by atoms with Crippen molar-refractivity contribution in [3.05, 3.63) is 93.3 Å². The molecule has 1 atom stereocenters. The summed E-state index contributed by atoms with van der Waals surface area (Å²) in [6.07, 6.45) is 3.28. The molecule has 0 fully saturated rings. The molecule has 4 rings (SSSR count). The van der Waals surface area contributed by atoms with Crippen molar-refractivity contribution in [2.75, 3.05) is 0 Å². The van der Waals surface area contributed by atoms with E-state index in [1.54, 1.807) is 36.0 Å². The van der Waals surface area contributed by atoms with Crippen molar-refractivity contribution >= 4 is 27.5 Å². The minimum absolute atomic E-state index is 0.239. The lowest BCUT2D eigenvalue weighted by Gasteiger charge is -2.16. The fourth-order valence-electron chi connectivity index (χ4n) is 3.28. The van der Waals surface area contributed by atoms with Gasteiger partial charge in [-0.15, -0.1) is 11.3 Å². The largest absolute Gasteiger partial charge is 0.505 e. The maximum absolute atomic E-state index is 13.2. The van der Waals surface area contributed by atoms with Crippen LogP contribution < -0.4 is 10.9 Å². The first-order chi connectivity index (χ1) is 14.1. The number of aromatic hydroxyl groups is 1. The molecule has 29 heavy (non-hydrogen) atoms. The van der Waals surface area contributed by atoms with E-state index < -0.39 is 11.5 Å². The Balaban J connectivity index is 1.76. The van der Waals surface area contributed by atoms with Crippen molar-refractivity contribution < 1.29 is 9.90 Å². The number of aromatic nitrogens is 2. The molecule has 0 aliphatic rings. The highest BCUT2D eigenvalue weighted by Crippen LogP contribution is 2.31. The fourth-order valence-corrected chi connectivity index (χ4v) is 4.13. The number of benzene rings is 1. The number of thiophene rings is 1. The maximum atomic E-state index is 13.2. The van der Waals surface area contributed by atoms with E-state index in [4.69, 9.17) is 0 Å². The number of carbonyl (C=O) groups excluding carboxylic acids is 1. The summed E-state index contributed by atoms with van der Waals surface area (Å²) in [7, 11) is 0. The minimum Gasteiger partial charge on any atom is -0.505 e. The monoisotopic (exact) mass is 405 g/mol. The highest BCUT2D eigenvalue weighted by molar-refractivity contribution is 7.17.